The van der Waals surface area contributed by atoms with Crippen LogP contribution in [0.4, 0.5) is 9.52 Å². The van der Waals surface area contributed by atoms with Gasteiger partial charge in [0.2, 0.25) is 15.9 Å². The molecule has 0 saturated carbocycles. The number of piperidine rings is 1. The zero-order valence-corrected chi connectivity index (χ0v) is 20.4. The molecule has 178 valence electrons. The van der Waals surface area contributed by atoms with Gasteiger partial charge >= 0.3 is 0 Å². The van der Waals surface area contributed by atoms with Crippen LogP contribution in [0.2, 0.25) is 0 Å². The van der Waals surface area contributed by atoms with Gasteiger partial charge in [-0.3, -0.25) is 4.79 Å². The number of hydrogen-bond acceptors (Lipinski definition) is 5. The first-order valence-corrected chi connectivity index (χ1v) is 13.4. The summed E-state index contributed by atoms with van der Waals surface area (Å²) >= 11 is 1.34. The maximum Gasteiger partial charge on any atom is 0.236 e. The zero-order chi connectivity index (χ0) is 24.1. The Bertz CT molecular complexity index is 1280. The second-order valence-corrected chi connectivity index (χ2v) is 11.1. The summed E-state index contributed by atoms with van der Waals surface area (Å²) in [4.78, 5) is 18.1. The summed E-state index contributed by atoms with van der Waals surface area (Å²) < 4.78 is 40.7. The standard InChI is InChI=1S/C25H26FN3O3S2/c1-18-23(17-21-9-5-6-10-22(21)26)33-25(27-18)28-24(30)20-11-14-29(15-12-20)34(31,32)16-13-19-7-3-2-4-8-19/h2-10,13,16,20H,11-12,14-15,17H2,1H3,(H,27,28,30)/b16-13+. The molecule has 1 saturated heterocycles. The van der Waals surface area contributed by atoms with Gasteiger partial charge < -0.3 is 5.32 Å². The van der Waals surface area contributed by atoms with E-state index in [2.05, 4.69) is 10.3 Å². The second-order valence-electron chi connectivity index (χ2n) is 8.22. The molecule has 0 bridgehead atoms. The zero-order valence-electron chi connectivity index (χ0n) is 18.8. The molecule has 1 N–H and O–H groups in total. The van der Waals surface area contributed by atoms with E-state index in [1.54, 1.807) is 24.3 Å². The number of hydrogen-bond donors (Lipinski definition) is 1. The normalized spacial score (nSPS) is 15.6. The average Bonchev–Trinajstić information content (AvgIpc) is 3.18. The van der Waals surface area contributed by atoms with Gasteiger partial charge in [0.25, 0.3) is 0 Å². The number of aromatic nitrogens is 1. The minimum absolute atomic E-state index is 0.164. The maximum atomic E-state index is 14.0. The molecule has 1 fully saturated rings. The van der Waals surface area contributed by atoms with E-state index in [0.29, 0.717) is 30.0 Å². The molecule has 1 aliphatic rings. The van der Waals surface area contributed by atoms with E-state index in [-0.39, 0.29) is 30.7 Å². The fourth-order valence-electron chi connectivity index (χ4n) is 3.85. The molecule has 2 heterocycles. The fourth-order valence-corrected chi connectivity index (χ4v) is 6.06. The van der Waals surface area contributed by atoms with E-state index in [1.807, 2.05) is 37.3 Å². The van der Waals surface area contributed by atoms with Crippen molar-refractivity contribution in [3.8, 4) is 0 Å². The third kappa shape index (κ3) is 5.97. The van der Waals surface area contributed by atoms with Crippen molar-refractivity contribution in [2.75, 3.05) is 18.4 Å². The lowest BCUT2D eigenvalue weighted by Crippen LogP contribution is -2.40. The van der Waals surface area contributed by atoms with Crippen LogP contribution in [-0.4, -0.2) is 36.7 Å². The number of halogens is 1. The molecule has 1 aliphatic heterocycles. The molecule has 9 heteroatoms. The molecule has 2 aromatic carbocycles. The Labute approximate surface area is 203 Å². The van der Waals surface area contributed by atoms with E-state index >= 15 is 0 Å². The van der Waals surface area contributed by atoms with Crippen LogP contribution in [0.1, 0.15) is 34.5 Å². The van der Waals surface area contributed by atoms with Gasteiger partial charge in [0.15, 0.2) is 5.13 Å². The predicted molar refractivity (Wildman–Crippen MR) is 133 cm³/mol. The van der Waals surface area contributed by atoms with Crippen LogP contribution in [0.15, 0.2) is 60.0 Å². The van der Waals surface area contributed by atoms with Gasteiger partial charge in [0.1, 0.15) is 5.82 Å². The lowest BCUT2D eigenvalue weighted by Gasteiger charge is -2.29. The van der Waals surface area contributed by atoms with Crippen molar-refractivity contribution < 1.29 is 17.6 Å². The number of nitrogens with one attached hydrogen (secondary N) is 1. The quantitative estimate of drug-likeness (QED) is 0.505. The fraction of sp³-hybridized carbons (Fsp3) is 0.280. The van der Waals surface area contributed by atoms with E-state index in [1.165, 1.54) is 27.1 Å². The molecule has 0 atom stereocenters. The highest BCUT2D eigenvalue weighted by Gasteiger charge is 2.30. The van der Waals surface area contributed by atoms with E-state index in [4.69, 9.17) is 0 Å². The summed E-state index contributed by atoms with van der Waals surface area (Å²) in [5.41, 5.74) is 2.16. The smallest absolute Gasteiger partial charge is 0.236 e. The van der Waals surface area contributed by atoms with Gasteiger partial charge in [-0.05, 0) is 43.0 Å². The Hall–Kier alpha value is -2.88. The van der Waals surface area contributed by atoms with Gasteiger partial charge in [-0.2, -0.15) is 4.31 Å². The van der Waals surface area contributed by atoms with Crippen molar-refractivity contribution >= 4 is 38.5 Å². The summed E-state index contributed by atoms with van der Waals surface area (Å²) in [5.74, 6) is -0.715. The largest absolute Gasteiger partial charge is 0.302 e. The van der Waals surface area contributed by atoms with Crippen LogP contribution < -0.4 is 5.32 Å². The molecule has 0 unspecified atom stereocenters. The van der Waals surface area contributed by atoms with E-state index in [9.17, 15) is 17.6 Å². The van der Waals surface area contributed by atoms with Crippen molar-refractivity contribution in [3.05, 3.63) is 87.5 Å². The molecular weight excluding hydrogens is 473 g/mol. The molecule has 0 aliphatic carbocycles. The van der Waals surface area contributed by atoms with Crippen LogP contribution >= 0.6 is 11.3 Å². The van der Waals surface area contributed by atoms with Crippen LogP contribution in [0.25, 0.3) is 6.08 Å². The number of anilines is 1. The van der Waals surface area contributed by atoms with Crippen molar-refractivity contribution in [1.82, 2.24) is 9.29 Å². The van der Waals surface area contributed by atoms with E-state index < -0.39 is 10.0 Å². The van der Waals surface area contributed by atoms with Crippen molar-refractivity contribution in [1.29, 1.82) is 0 Å². The topological polar surface area (TPSA) is 79.4 Å². The lowest BCUT2D eigenvalue weighted by atomic mass is 9.97. The summed E-state index contributed by atoms with van der Waals surface area (Å²) in [6, 6.07) is 15.9. The maximum absolute atomic E-state index is 14.0. The van der Waals surface area contributed by atoms with E-state index in [0.717, 1.165) is 16.1 Å². The third-order valence-electron chi connectivity index (χ3n) is 5.85. The predicted octanol–water partition coefficient (Wildman–Crippen LogP) is 4.83. The van der Waals surface area contributed by atoms with Gasteiger partial charge in [0.05, 0.1) is 5.69 Å². The number of amides is 1. The Kier molecular flexibility index (Phi) is 7.55. The van der Waals surface area contributed by atoms with Gasteiger partial charge in [-0.15, -0.1) is 11.3 Å². The second kappa shape index (κ2) is 10.6. The lowest BCUT2D eigenvalue weighted by molar-refractivity contribution is -0.120. The van der Waals surface area contributed by atoms with Crippen molar-refractivity contribution in [3.63, 3.8) is 0 Å². The van der Waals surface area contributed by atoms with Gasteiger partial charge in [0, 0.05) is 35.7 Å². The van der Waals surface area contributed by atoms with Gasteiger partial charge in [-0.25, -0.2) is 17.8 Å². The molecule has 6 nitrogen and oxygen atoms in total. The van der Waals surface area contributed by atoms with Crippen LogP contribution in [0.3, 0.4) is 0 Å². The number of thiazole rings is 1. The molecule has 1 aromatic heterocycles. The highest BCUT2D eigenvalue weighted by Crippen LogP contribution is 2.28. The molecule has 3 aromatic rings. The number of rotatable bonds is 7. The Morgan fingerprint density at radius 2 is 1.82 bits per heavy atom. The Morgan fingerprint density at radius 1 is 1.15 bits per heavy atom. The molecule has 0 radical (unpaired) electrons. The van der Waals surface area contributed by atoms with Crippen LogP contribution in [0, 0.1) is 18.7 Å². The highest BCUT2D eigenvalue weighted by molar-refractivity contribution is 7.92. The minimum Gasteiger partial charge on any atom is -0.302 e. The number of sulfonamides is 1. The monoisotopic (exact) mass is 499 g/mol. The summed E-state index contributed by atoms with van der Waals surface area (Å²) in [6.07, 6.45) is 2.88. The number of carbonyl (C=O) groups is 1. The number of benzene rings is 2. The SMILES string of the molecule is Cc1nc(NC(=O)C2CCN(S(=O)(=O)/C=C/c3ccccc3)CC2)sc1Cc1ccccc1F. The molecule has 1 amide bonds. The number of carbonyl (C=O) groups excluding carboxylic acids is 1. The third-order valence-corrected chi connectivity index (χ3v) is 8.49. The van der Waals surface area contributed by atoms with Gasteiger partial charge in [-0.1, -0.05) is 48.5 Å². The first kappa shape index (κ1) is 24.3. The summed E-state index contributed by atoms with van der Waals surface area (Å²) in [7, 11) is -3.54. The molecule has 0 spiro atoms. The van der Waals surface area contributed by atoms with Crippen molar-refractivity contribution in [2.45, 2.75) is 26.2 Å². The Morgan fingerprint density at radius 3 is 2.53 bits per heavy atom. The molecule has 4 rings (SSSR count). The molecule has 34 heavy (non-hydrogen) atoms. The van der Waals surface area contributed by atoms with Crippen LogP contribution in [0.5, 0.6) is 0 Å². The van der Waals surface area contributed by atoms with Crippen molar-refractivity contribution in [2.24, 2.45) is 5.92 Å². The number of aryl methyl sites for hydroxylation is 1. The summed E-state index contributed by atoms with van der Waals surface area (Å²) in [5, 5.41) is 4.57. The molecular formula is C25H26FN3O3S2. The summed E-state index contributed by atoms with van der Waals surface area (Å²) in [6.45, 7) is 2.42. The first-order valence-electron chi connectivity index (χ1n) is 11.1. The average molecular weight is 500 g/mol. The highest BCUT2D eigenvalue weighted by atomic mass is 32.2. The number of nitrogens with zero attached hydrogens (tertiary/aromatic N) is 2. The first-order chi connectivity index (χ1) is 16.3. The minimum atomic E-state index is -3.54. The van der Waals surface area contributed by atoms with Crippen LogP contribution in [-0.2, 0) is 21.2 Å². The Balaban J connectivity index is 1.32.